The first-order valence-corrected chi connectivity index (χ1v) is 11.7. The van der Waals surface area contributed by atoms with E-state index in [0.29, 0.717) is 24.5 Å². The molecule has 1 N–H and O–H groups in total. The quantitative estimate of drug-likeness (QED) is 0.425. The van der Waals surface area contributed by atoms with E-state index in [4.69, 9.17) is 0 Å². The highest BCUT2D eigenvalue weighted by Gasteiger charge is 2.32. The Kier molecular flexibility index (Phi) is 7.35. The zero-order valence-electron chi connectivity index (χ0n) is 16.6. The minimum Gasteiger partial charge on any atom is -0.299 e. The average molecular weight is 527 g/mol. The van der Waals surface area contributed by atoms with Crippen LogP contribution in [0.5, 0.6) is 0 Å². The molecule has 1 heterocycles. The summed E-state index contributed by atoms with van der Waals surface area (Å²) in [6, 6.07) is 12.2. The Balaban J connectivity index is 1.65. The minimum atomic E-state index is -4.67. The Morgan fingerprint density at radius 1 is 0.969 bits per heavy atom. The number of nitrogens with one attached hydrogen (secondary N) is 1. The van der Waals surface area contributed by atoms with Gasteiger partial charge in [-0.15, -0.1) is 0 Å². The maximum Gasteiger partial charge on any atom is 0.416 e. The van der Waals surface area contributed by atoms with Gasteiger partial charge in [-0.05, 0) is 75.9 Å². The second-order valence-electron chi connectivity index (χ2n) is 7.02. The van der Waals surface area contributed by atoms with Gasteiger partial charge in [0.1, 0.15) is 10.7 Å². The zero-order chi connectivity index (χ0) is 23.4. The Morgan fingerprint density at radius 2 is 1.62 bits per heavy atom. The number of hydrogen-bond donors (Lipinski definition) is 1. The number of alkyl halides is 3. The van der Waals surface area contributed by atoms with E-state index in [1.54, 1.807) is 24.5 Å². The number of hydrogen-bond acceptors (Lipinski definition) is 4. The van der Waals surface area contributed by atoms with Gasteiger partial charge in [-0.3, -0.25) is 14.5 Å². The van der Waals surface area contributed by atoms with E-state index in [1.165, 1.54) is 12.1 Å². The monoisotopic (exact) mass is 526 g/mol. The summed E-state index contributed by atoms with van der Waals surface area (Å²) in [5, 5.41) is 0. The summed E-state index contributed by atoms with van der Waals surface area (Å²) in [5.74, 6) is 0.0306. The van der Waals surface area contributed by atoms with Gasteiger partial charge in [0.15, 0.2) is 0 Å². The molecule has 32 heavy (non-hydrogen) atoms. The summed E-state index contributed by atoms with van der Waals surface area (Å²) in [6.45, 7) is 0. The Labute approximate surface area is 191 Å². The number of aryl methyl sites for hydroxylation is 1. The molecule has 0 saturated carbocycles. The van der Waals surface area contributed by atoms with E-state index < -0.39 is 26.7 Å². The van der Waals surface area contributed by atoms with E-state index in [-0.39, 0.29) is 22.4 Å². The second kappa shape index (κ2) is 9.83. The van der Waals surface area contributed by atoms with Crippen LogP contribution in [0.3, 0.4) is 0 Å². The highest BCUT2D eigenvalue weighted by molar-refractivity contribution is 9.10. The van der Waals surface area contributed by atoms with Gasteiger partial charge in [-0.25, -0.2) is 8.42 Å². The summed E-state index contributed by atoms with van der Waals surface area (Å²) in [4.78, 5) is 15.6. The van der Waals surface area contributed by atoms with Crippen LogP contribution >= 0.6 is 15.9 Å². The van der Waals surface area contributed by atoms with Crippen molar-refractivity contribution in [3.05, 3.63) is 88.2 Å². The molecule has 3 rings (SSSR count). The fraction of sp³-hybridized carbons (Fsp3) is 0.182. The van der Waals surface area contributed by atoms with Crippen LogP contribution < -0.4 is 4.72 Å². The van der Waals surface area contributed by atoms with Gasteiger partial charge in [-0.1, -0.05) is 12.1 Å². The number of carbonyl (C=O) groups is 1. The molecule has 0 unspecified atom stereocenters. The highest BCUT2D eigenvalue weighted by Crippen LogP contribution is 2.34. The average Bonchev–Trinajstić information content (AvgIpc) is 2.73. The lowest BCUT2D eigenvalue weighted by atomic mass is 10.0. The normalized spacial score (nSPS) is 11.9. The molecule has 5 nitrogen and oxygen atoms in total. The number of sulfonamides is 1. The van der Waals surface area contributed by atoms with Crippen LogP contribution in [-0.2, 0) is 33.8 Å². The molecule has 0 aliphatic rings. The number of pyridine rings is 1. The number of benzene rings is 2. The summed E-state index contributed by atoms with van der Waals surface area (Å²) in [6.07, 6.45) is -0.185. The van der Waals surface area contributed by atoms with Gasteiger partial charge in [0, 0.05) is 35.4 Å². The second-order valence-corrected chi connectivity index (χ2v) is 9.52. The predicted molar refractivity (Wildman–Crippen MR) is 118 cm³/mol. The molecule has 0 aliphatic heterocycles. The molecule has 1 aromatic heterocycles. The third-order valence-electron chi connectivity index (χ3n) is 4.60. The third-order valence-corrected chi connectivity index (χ3v) is 6.97. The van der Waals surface area contributed by atoms with Crippen LogP contribution in [0.1, 0.15) is 23.1 Å². The molecule has 0 bridgehead atoms. The van der Waals surface area contributed by atoms with Crippen LogP contribution in [0.2, 0.25) is 0 Å². The summed E-state index contributed by atoms with van der Waals surface area (Å²) >= 11 is 2.99. The van der Waals surface area contributed by atoms with E-state index >= 15 is 0 Å². The Bertz CT molecular complexity index is 1200. The lowest BCUT2D eigenvalue weighted by Gasteiger charge is -2.13. The maximum atomic E-state index is 13.0. The lowest BCUT2D eigenvalue weighted by molar-refractivity contribution is -0.137. The van der Waals surface area contributed by atoms with Crippen molar-refractivity contribution in [3.63, 3.8) is 0 Å². The number of nitrogens with zero attached hydrogens (tertiary/aromatic N) is 1. The number of rotatable bonds is 8. The van der Waals surface area contributed by atoms with Crippen LogP contribution in [0.25, 0.3) is 0 Å². The topological polar surface area (TPSA) is 76.1 Å². The number of halogens is 4. The molecule has 0 atom stereocenters. The largest absolute Gasteiger partial charge is 0.416 e. The molecule has 168 valence electrons. The van der Waals surface area contributed by atoms with Crippen LogP contribution in [-0.4, -0.2) is 19.2 Å². The molecule has 10 heteroatoms. The molecule has 0 amide bonds. The summed E-state index contributed by atoms with van der Waals surface area (Å²) in [7, 11) is -4.27. The van der Waals surface area contributed by atoms with Gasteiger partial charge in [0.25, 0.3) is 10.0 Å². The molecular formula is C22H18BrF3N2O3S. The van der Waals surface area contributed by atoms with Gasteiger partial charge in [-0.2, -0.15) is 13.2 Å². The first kappa shape index (κ1) is 23.9. The number of carbonyl (C=O) groups excluding carboxylic acids is 1. The lowest BCUT2D eigenvalue weighted by Crippen LogP contribution is -2.15. The number of Topliss-reactive ketones (excluding diaryl/α,β-unsaturated/α-hetero) is 1. The maximum absolute atomic E-state index is 13.0. The van der Waals surface area contributed by atoms with Gasteiger partial charge in [0.05, 0.1) is 5.56 Å². The molecule has 0 radical (unpaired) electrons. The third kappa shape index (κ3) is 6.39. The number of aromatic nitrogens is 1. The van der Waals surface area contributed by atoms with E-state index in [9.17, 15) is 26.4 Å². The first-order valence-electron chi connectivity index (χ1n) is 9.44. The summed E-state index contributed by atoms with van der Waals surface area (Å²) in [5.41, 5.74) is 0.816. The van der Waals surface area contributed by atoms with E-state index in [0.717, 1.165) is 17.7 Å². The molecule has 3 aromatic rings. The van der Waals surface area contributed by atoms with Crippen molar-refractivity contribution in [2.75, 3.05) is 4.72 Å². The van der Waals surface area contributed by atoms with Crippen molar-refractivity contribution in [2.45, 2.75) is 30.3 Å². The van der Waals surface area contributed by atoms with Gasteiger partial charge >= 0.3 is 6.18 Å². The van der Waals surface area contributed by atoms with Crippen molar-refractivity contribution in [3.8, 4) is 0 Å². The van der Waals surface area contributed by atoms with Crippen LogP contribution in [0.4, 0.5) is 18.9 Å². The minimum absolute atomic E-state index is 0.00872. The molecule has 0 spiro atoms. The van der Waals surface area contributed by atoms with Crippen LogP contribution in [0, 0.1) is 0 Å². The molecule has 0 fully saturated rings. The van der Waals surface area contributed by atoms with Crippen molar-refractivity contribution in [2.24, 2.45) is 0 Å². The Hall–Kier alpha value is -2.72. The molecule has 0 aliphatic carbocycles. The predicted octanol–water partition coefficient (Wildman–Crippen LogP) is 5.41. The SMILES string of the molecule is O=C(CCc1ccncc1)Cc1ccc(NS(=O)(=O)c2cc(C(F)(F)F)ccc2Br)cc1. The first-order chi connectivity index (χ1) is 15.0. The van der Waals surface area contributed by atoms with Gasteiger partial charge in [0.2, 0.25) is 0 Å². The van der Waals surface area contributed by atoms with Gasteiger partial charge < -0.3 is 0 Å². The molecule has 0 saturated heterocycles. The number of ketones is 1. The fourth-order valence-corrected chi connectivity index (χ4v) is 4.98. The molecular weight excluding hydrogens is 509 g/mol. The van der Waals surface area contributed by atoms with Crippen molar-refractivity contribution in [1.82, 2.24) is 4.98 Å². The number of anilines is 1. The highest BCUT2D eigenvalue weighted by atomic mass is 79.9. The van der Waals surface area contributed by atoms with Crippen molar-refractivity contribution in [1.29, 1.82) is 0 Å². The van der Waals surface area contributed by atoms with Crippen molar-refractivity contribution < 1.29 is 26.4 Å². The fourth-order valence-electron chi connectivity index (χ4n) is 2.94. The standard InChI is InChI=1S/C22H18BrF3N2O3S/c23-20-8-4-17(22(24,25)26)14-21(20)32(30,31)28-18-5-1-16(2-6-18)13-19(29)7-3-15-9-11-27-12-10-15/h1-2,4-6,8-12,14,28H,3,7,13H2. The van der Waals surface area contributed by atoms with Crippen LogP contribution in [0.15, 0.2) is 76.4 Å². The smallest absolute Gasteiger partial charge is 0.299 e. The molecule has 2 aromatic carbocycles. The zero-order valence-corrected chi connectivity index (χ0v) is 19.0. The van der Waals surface area contributed by atoms with E-state index in [1.807, 2.05) is 12.1 Å². The summed E-state index contributed by atoms with van der Waals surface area (Å²) < 4.78 is 66.4. The van der Waals surface area contributed by atoms with E-state index in [2.05, 4.69) is 25.6 Å². The Morgan fingerprint density at radius 3 is 2.25 bits per heavy atom. The van der Waals surface area contributed by atoms with Crippen molar-refractivity contribution >= 4 is 37.4 Å².